The number of hydrogen-bond donors (Lipinski definition) is 1. The van der Waals surface area contributed by atoms with Gasteiger partial charge in [0.15, 0.2) is 0 Å². The normalized spacial score (nSPS) is 19.1. The van der Waals surface area contributed by atoms with Gasteiger partial charge in [-0.05, 0) is 78.5 Å². The van der Waals surface area contributed by atoms with Gasteiger partial charge in [0.05, 0.1) is 5.54 Å². The number of unbranched alkanes of at least 4 members (excludes halogenated alkanes) is 9. The van der Waals surface area contributed by atoms with E-state index in [1.807, 2.05) is 6.08 Å². The van der Waals surface area contributed by atoms with E-state index < -0.39 is 0 Å². The van der Waals surface area contributed by atoms with Crippen molar-refractivity contribution in [1.29, 1.82) is 0 Å². The first-order chi connectivity index (χ1) is 18.8. The minimum absolute atomic E-state index is 0.0279. The van der Waals surface area contributed by atoms with Gasteiger partial charge in [0, 0.05) is 29.8 Å². The summed E-state index contributed by atoms with van der Waals surface area (Å²) in [5, 5.41) is 0. The monoisotopic (exact) mass is 526 g/mol. The van der Waals surface area contributed by atoms with E-state index in [1.54, 1.807) is 0 Å². The molecule has 4 rings (SSSR count). The van der Waals surface area contributed by atoms with Crippen molar-refractivity contribution in [3.63, 3.8) is 0 Å². The molecule has 0 amide bonds. The van der Waals surface area contributed by atoms with Crippen molar-refractivity contribution in [3.05, 3.63) is 77.4 Å². The first-order valence-electron chi connectivity index (χ1n) is 15.9. The summed E-state index contributed by atoms with van der Waals surface area (Å²) < 4.78 is 0. The van der Waals surface area contributed by atoms with Crippen LogP contribution in [-0.2, 0) is 18.3 Å². The smallest absolute Gasteiger partial charge is 0.0720 e. The van der Waals surface area contributed by atoms with E-state index >= 15 is 0 Å². The van der Waals surface area contributed by atoms with Gasteiger partial charge in [-0.15, -0.1) is 6.58 Å². The van der Waals surface area contributed by atoms with Gasteiger partial charge in [-0.3, -0.25) is 0 Å². The number of allylic oxidation sites excluding steroid dienone is 1. The van der Waals surface area contributed by atoms with Gasteiger partial charge in [0.25, 0.3) is 0 Å². The van der Waals surface area contributed by atoms with E-state index in [4.69, 9.17) is 5.73 Å². The fraction of sp³-hybridized carbons (Fsp3) is 0.568. The molecule has 2 aromatic rings. The maximum Gasteiger partial charge on any atom is 0.0720 e. The third kappa shape index (κ3) is 6.47. The summed E-state index contributed by atoms with van der Waals surface area (Å²) in [6.07, 6.45) is 23.7. The molecule has 1 heterocycles. The standard InChI is InChI=1S/C37H54N2/c1-6-7-8-9-10-11-12-13-14-15-18-25-39-35-20-17-16-19-34(35)36(4,5)37(39)24-23-31-27-32(38)26-30(33(31)28-37)22-21-29(2)3/h6,16-17,19-20,23-24,26-27,29H,1,7-15,18,21-22,25,28,38H2,2-5H3. The van der Waals surface area contributed by atoms with Gasteiger partial charge in [0.1, 0.15) is 0 Å². The Bertz CT molecular complexity index is 1120. The van der Waals surface area contributed by atoms with Crippen molar-refractivity contribution < 1.29 is 0 Å². The Morgan fingerprint density at radius 1 is 0.949 bits per heavy atom. The second kappa shape index (κ2) is 13.2. The molecular formula is C37H54N2. The Morgan fingerprint density at radius 3 is 2.31 bits per heavy atom. The summed E-state index contributed by atoms with van der Waals surface area (Å²) in [6.45, 7) is 14.5. The summed E-state index contributed by atoms with van der Waals surface area (Å²) in [5.74, 6) is 0.691. The topological polar surface area (TPSA) is 29.3 Å². The van der Waals surface area contributed by atoms with Gasteiger partial charge in [-0.1, -0.05) is 109 Å². The highest BCUT2D eigenvalue weighted by Gasteiger charge is 2.55. The van der Waals surface area contributed by atoms with Crippen LogP contribution in [0.5, 0.6) is 0 Å². The lowest BCUT2D eigenvalue weighted by molar-refractivity contribution is 0.316. The van der Waals surface area contributed by atoms with Crippen LogP contribution in [0.4, 0.5) is 11.4 Å². The molecule has 2 N–H and O–H groups in total. The molecule has 0 saturated heterocycles. The predicted molar refractivity (Wildman–Crippen MR) is 173 cm³/mol. The molecule has 1 unspecified atom stereocenters. The van der Waals surface area contributed by atoms with Gasteiger partial charge >= 0.3 is 0 Å². The highest BCUT2D eigenvalue weighted by Crippen LogP contribution is 2.55. The molecule has 1 spiro atoms. The van der Waals surface area contributed by atoms with Crippen LogP contribution in [0.2, 0.25) is 0 Å². The third-order valence-corrected chi connectivity index (χ3v) is 9.60. The fourth-order valence-electron chi connectivity index (χ4n) is 7.12. The predicted octanol–water partition coefficient (Wildman–Crippen LogP) is 10.1. The van der Waals surface area contributed by atoms with Crippen LogP contribution in [0.25, 0.3) is 6.08 Å². The van der Waals surface area contributed by atoms with Crippen molar-refractivity contribution in [2.75, 3.05) is 17.2 Å². The molecular weight excluding hydrogens is 472 g/mol. The van der Waals surface area contributed by atoms with Crippen LogP contribution in [0.3, 0.4) is 0 Å². The molecule has 2 nitrogen and oxygen atoms in total. The van der Waals surface area contributed by atoms with Crippen LogP contribution in [0.1, 0.15) is 121 Å². The van der Waals surface area contributed by atoms with Gasteiger partial charge in [-0.25, -0.2) is 0 Å². The first-order valence-corrected chi connectivity index (χ1v) is 15.9. The number of nitrogens with two attached hydrogens (primary N) is 1. The lowest BCUT2D eigenvalue weighted by atomic mass is 9.64. The number of rotatable bonds is 15. The van der Waals surface area contributed by atoms with E-state index in [0.717, 1.165) is 25.1 Å². The lowest BCUT2D eigenvalue weighted by Gasteiger charge is -2.48. The quantitative estimate of drug-likeness (QED) is 0.142. The molecule has 212 valence electrons. The molecule has 2 aromatic carbocycles. The molecule has 1 atom stereocenters. The molecule has 2 aliphatic rings. The number of para-hydroxylation sites is 1. The largest absolute Gasteiger partial charge is 0.399 e. The number of hydrogen-bond acceptors (Lipinski definition) is 2. The average Bonchev–Trinajstić information content (AvgIpc) is 3.09. The van der Waals surface area contributed by atoms with Crippen molar-refractivity contribution in [2.24, 2.45) is 5.92 Å². The number of nitrogen functional groups attached to an aromatic ring is 1. The van der Waals surface area contributed by atoms with Gasteiger partial charge < -0.3 is 10.6 Å². The Kier molecular flexibility index (Phi) is 10.0. The fourth-order valence-corrected chi connectivity index (χ4v) is 7.12. The summed E-state index contributed by atoms with van der Waals surface area (Å²) in [4.78, 5) is 2.78. The Morgan fingerprint density at radius 2 is 1.62 bits per heavy atom. The van der Waals surface area contributed by atoms with Gasteiger partial charge in [0.2, 0.25) is 0 Å². The molecule has 0 saturated carbocycles. The minimum Gasteiger partial charge on any atom is -0.399 e. The molecule has 1 aliphatic carbocycles. The SMILES string of the molecule is C=CCCCCCCCCCCCN1c2ccccc2C(C)(C)C12C=Cc1cc(N)cc(CCC(C)C)c1C2. The highest BCUT2D eigenvalue weighted by atomic mass is 15.2. The van der Waals surface area contributed by atoms with Crippen molar-refractivity contribution in [1.82, 2.24) is 0 Å². The van der Waals surface area contributed by atoms with Crippen molar-refractivity contribution in [2.45, 2.75) is 122 Å². The lowest BCUT2D eigenvalue weighted by Crippen LogP contribution is -2.57. The van der Waals surface area contributed by atoms with Gasteiger partial charge in [-0.2, -0.15) is 0 Å². The number of fused-ring (bicyclic) bond motifs is 2. The Labute approximate surface area is 239 Å². The zero-order valence-electron chi connectivity index (χ0n) is 25.4. The van der Waals surface area contributed by atoms with Crippen LogP contribution in [0.15, 0.2) is 55.1 Å². The molecule has 0 bridgehead atoms. The molecule has 0 aromatic heterocycles. The number of nitrogens with zero attached hydrogens (tertiary/aromatic N) is 1. The van der Waals surface area contributed by atoms with E-state index in [9.17, 15) is 0 Å². The second-order valence-corrected chi connectivity index (χ2v) is 13.2. The maximum atomic E-state index is 6.39. The molecule has 2 heteroatoms. The molecule has 1 aliphatic heterocycles. The maximum absolute atomic E-state index is 6.39. The summed E-state index contributed by atoms with van der Waals surface area (Å²) >= 11 is 0. The zero-order chi connectivity index (χ0) is 27.9. The van der Waals surface area contributed by atoms with Crippen molar-refractivity contribution >= 4 is 17.5 Å². The van der Waals surface area contributed by atoms with Crippen molar-refractivity contribution in [3.8, 4) is 0 Å². The Hall–Kier alpha value is -2.48. The minimum atomic E-state index is -0.0438. The number of anilines is 2. The van der Waals surface area contributed by atoms with Crippen LogP contribution in [-0.4, -0.2) is 12.1 Å². The molecule has 0 radical (unpaired) electrons. The second-order valence-electron chi connectivity index (χ2n) is 13.2. The third-order valence-electron chi connectivity index (χ3n) is 9.60. The van der Waals surface area contributed by atoms with E-state index in [-0.39, 0.29) is 11.0 Å². The van der Waals surface area contributed by atoms with E-state index in [1.165, 1.54) is 98.6 Å². The van der Waals surface area contributed by atoms with Crippen LogP contribution >= 0.6 is 0 Å². The highest BCUT2D eigenvalue weighted by molar-refractivity contribution is 5.75. The van der Waals surface area contributed by atoms with Crippen LogP contribution < -0.4 is 10.6 Å². The summed E-state index contributed by atoms with van der Waals surface area (Å²) in [5.41, 5.74) is 14.5. The number of benzene rings is 2. The Balaban J connectivity index is 1.47. The molecule has 39 heavy (non-hydrogen) atoms. The zero-order valence-corrected chi connectivity index (χ0v) is 25.4. The summed E-state index contributed by atoms with van der Waals surface area (Å²) in [6, 6.07) is 13.6. The first kappa shape index (κ1) is 29.5. The van der Waals surface area contributed by atoms with Crippen LogP contribution in [0, 0.1) is 5.92 Å². The summed E-state index contributed by atoms with van der Waals surface area (Å²) in [7, 11) is 0. The van der Waals surface area contributed by atoms with E-state index in [2.05, 4.69) is 87.7 Å². The molecule has 0 fully saturated rings. The average molecular weight is 527 g/mol. The number of aryl methyl sites for hydroxylation is 1. The van der Waals surface area contributed by atoms with E-state index in [0.29, 0.717) is 5.92 Å².